The number of hydrazine groups is 1. The van der Waals surface area contributed by atoms with E-state index in [1.807, 2.05) is 0 Å². The van der Waals surface area contributed by atoms with Crippen LogP contribution in [0.5, 0.6) is 0 Å². The molecule has 0 unspecified atom stereocenters. The molecule has 0 amide bonds. The zero-order valence-electron chi connectivity index (χ0n) is 7.44. The maximum Gasteiger partial charge on any atom is 0.446 e. The molecule has 0 atom stereocenters. The number of halogens is 4. The maximum atomic E-state index is 12.1. The SMILES string of the molecule is NNc1cc(CCl)cc(SC(F)(F)F)c1. The molecule has 2 nitrogen and oxygen atoms in total. The largest absolute Gasteiger partial charge is 0.446 e. The smallest absolute Gasteiger partial charge is 0.324 e. The van der Waals surface area contributed by atoms with Crippen molar-refractivity contribution in [2.45, 2.75) is 16.3 Å². The summed E-state index contributed by atoms with van der Waals surface area (Å²) in [5, 5.41) is 0. The Bertz CT molecular complexity index is 321. The lowest BCUT2D eigenvalue weighted by molar-refractivity contribution is -0.0328. The van der Waals surface area contributed by atoms with Crippen LogP contribution < -0.4 is 11.3 Å². The molecule has 0 bridgehead atoms. The van der Waals surface area contributed by atoms with Crippen molar-refractivity contribution < 1.29 is 13.2 Å². The van der Waals surface area contributed by atoms with E-state index in [9.17, 15) is 13.2 Å². The van der Waals surface area contributed by atoms with Crippen molar-refractivity contribution in [3.05, 3.63) is 23.8 Å². The van der Waals surface area contributed by atoms with Gasteiger partial charge in [0, 0.05) is 16.5 Å². The Morgan fingerprint density at radius 1 is 1.33 bits per heavy atom. The van der Waals surface area contributed by atoms with Crippen molar-refractivity contribution in [3.8, 4) is 0 Å². The molecule has 0 aliphatic carbocycles. The zero-order valence-corrected chi connectivity index (χ0v) is 9.01. The van der Waals surface area contributed by atoms with E-state index in [4.69, 9.17) is 17.4 Å². The van der Waals surface area contributed by atoms with Crippen LogP contribution in [-0.4, -0.2) is 5.51 Å². The molecule has 7 heteroatoms. The Hall–Kier alpha value is -0.590. The lowest BCUT2D eigenvalue weighted by Gasteiger charge is -2.09. The van der Waals surface area contributed by atoms with Crippen LogP contribution in [0.3, 0.4) is 0 Å². The molecule has 0 aliphatic rings. The molecule has 1 rings (SSSR count). The molecule has 15 heavy (non-hydrogen) atoms. The number of anilines is 1. The summed E-state index contributed by atoms with van der Waals surface area (Å²) >= 11 is 5.35. The van der Waals surface area contributed by atoms with Gasteiger partial charge >= 0.3 is 5.51 Å². The molecular formula is C8H8ClF3N2S. The molecule has 1 aromatic rings. The average Bonchev–Trinajstić information content (AvgIpc) is 2.14. The molecule has 1 aromatic carbocycles. The van der Waals surface area contributed by atoms with Crippen molar-refractivity contribution >= 4 is 29.1 Å². The van der Waals surface area contributed by atoms with Crippen molar-refractivity contribution in [1.82, 2.24) is 0 Å². The van der Waals surface area contributed by atoms with Gasteiger partial charge in [0.15, 0.2) is 0 Å². The van der Waals surface area contributed by atoms with E-state index in [1.54, 1.807) is 6.07 Å². The van der Waals surface area contributed by atoms with E-state index in [-0.39, 0.29) is 22.5 Å². The fourth-order valence-electron chi connectivity index (χ4n) is 1.01. The Morgan fingerprint density at radius 3 is 2.47 bits per heavy atom. The van der Waals surface area contributed by atoms with Gasteiger partial charge < -0.3 is 5.43 Å². The number of nitrogens with one attached hydrogen (secondary N) is 1. The molecule has 0 aliphatic heterocycles. The minimum absolute atomic E-state index is 0.0635. The summed E-state index contributed by atoms with van der Waals surface area (Å²) in [6, 6.07) is 4.29. The first kappa shape index (κ1) is 12.5. The Labute approximate surface area is 93.9 Å². The van der Waals surface area contributed by atoms with Crippen LogP contribution in [0.2, 0.25) is 0 Å². The molecular weight excluding hydrogens is 249 g/mol. The van der Waals surface area contributed by atoms with Gasteiger partial charge in [-0.05, 0) is 35.5 Å². The van der Waals surface area contributed by atoms with Gasteiger partial charge in [0.05, 0.1) is 0 Å². The predicted octanol–water partition coefficient (Wildman–Crippen LogP) is 3.32. The number of hydrogen-bond donors (Lipinski definition) is 2. The molecule has 0 radical (unpaired) electrons. The van der Waals surface area contributed by atoms with Crippen LogP contribution in [0.1, 0.15) is 5.56 Å². The second-order valence-corrected chi connectivity index (χ2v) is 4.10. The van der Waals surface area contributed by atoms with E-state index in [0.29, 0.717) is 11.3 Å². The number of thioether (sulfide) groups is 1. The third kappa shape index (κ3) is 4.19. The van der Waals surface area contributed by atoms with Gasteiger partial charge in [0.2, 0.25) is 0 Å². The highest BCUT2D eigenvalue weighted by Crippen LogP contribution is 2.38. The molecule has 0 aromatic heterocycles. The lowest BCUT2D eigenvalue weighted by atomic mass is 10.2. The summed E-state index contributed by atoms with van der Waals surface area (Å²) in [5.41, 5.74) is -1.04. The zero-order chi connectivity index (χ0) is 11.5. The Morgan fingerprint density at radius 2 is 2.00 bits per heavy atom. The fraction of sp³-hybridized carbons (Fsp3) is 0.250. The van der Waals surface area contributed by atoms with Crippen molar-refractivity contribution in [2.24, 2.45) is 5.84 Å². The minimum Gasteiger partial charge on any atom is -0.324 e. The summed E-state index contributed by atoms with van der Waals surface area (Å²) in [6.45, 7) is 0. The van der Waals surface area contributed by atoms with Crippen LogP contribution in [-0.2, 0) is 5.88 Å². The second-order valence-electron chi connectivity index (χ2n) is 2.69. The second kappa shape index (κ2) is 4.96. The predicted molar refractivity (Wildman–Crippen MR) is 55.7 cm³/mol. The summed E-state index contributed by atoms with van der Waals surface area (Å²) in [5.74, 6) is 5.26. The molecule has 3 N–H and O–H groups in total. The standard InChI is InChI=1S/C8H8ClF3N2S/c9-4-5-1-6(14-13)3-7(2-5)15-8(10,11)12/h1-3,14H,4,13H2. The van der Waals surface area contributed by atoms with E-state index >= 15 is 0 Å². The van der Waals surface area contributed by atoms with E-state index in [1.165, 1.54) is 12.1 Å². The molecule has 84 valence electrons. The Balaban J connectivity index is 2.97. The molecule has 0 saturated carbocycles. The molecule has 0 saturated heterocycles. The van der Waals surface area contributed by atoms with Gasteiger partial charge in [0.1, 0.15) is 0 Å². The minimum atomic E-state index is -4.31. The highest BCUT2D eigenvalue weighted by Gasteiger charge is 2.29. The first-order valence-corrected chi connectivity index (χ1v) is 5.22. The number of hydrogen-bond acceptors (Lipinski definition) is 3. The molecule has 0 heterocycles. The normalized spacial score (nSPS) is 11.5. The quantitative estimate of drug-likeness (QED) is 0.377. The molecule has 0 spiro atoms. The summed E-state index contributed by atoms with van der Waals surface area (Å²) < 4.78 is 36.3. The van der Waals surface area contributed by atoms with Gasteiger partial charge in [0.25, 0.3) is 0 Å². The van der Waals surface area contributed by atoms with Gasteiger partial charge in [-0.1, -0.05) is 0 Å². The van der Waals surface area contributed by atoms with Crippen LogP contribution in [0.25, 0.3) is 0 Å². The van der Waals surface area contributed by atoms with Crippen LogP contribution in [0.15, 0.2) is 23.1 Å². The van der Waals surface area contributed by atoms with Crippen molar-refractivity contribution in [3.63, 3.8) is 0 Å². The average molecular weight is 257 g/mol. The van der Waals surface area contributed by atoms with Crippen LogP contribution in [0, 0.1) is 0 Å². The third-order valence-corrected chi connectivity index (χ3v) is 2.53. The number of alkyl halides is 4. The van der Waals surface area contributed by atoms with E-state index in [0.717, 1.165) is 0 Å². The number of nitrogens with two attached hydrogens (primary N) is 1. The van der Waals surface area contributed by atoms with Gasteiger partial charge in [-0.15, -0.1) is 11.6 Å². The molecule has 0 fully saturated rings. The van der Waals surface area contributed by atoms with Gasteiger partial charge in [-0.25, -0.2) is 0 Å². The van der Waals surface area contributed by atoms with Gasteiger partial charge in [-0.2, -0.15) is 13.2 Å². The van der Waals surface area contributed by atoms with E-state index < -0.39 is 5.51 Å². The van der Waals surface area contributed by atoms with Crippen molar-refractivity contribution in [1.29, 1.82) is 0 Å². The van der Waals surface area contributed by atoms with Gasteiger partial charge in [-0.3, -0.25) is 5.84 Å². The monoisotopic (exact) mass is 256 g/mol. The van der Waals surface area contributed by atoms with Crippen LogP contribution in [0.4, 0.5) is 18.9 Å². The highest BCUT2D eigenvalue weighted by atomic mass is 35.5. The van der Waals surface area contributed by atoms with Crippen LogP contribution >= 0.6 is 23.4 Å². The maximum absolute atomic E-state index is 12.1. The highest BCUT2D eigenvalue weighted by molar-refractivity contribution is 8.00. The third-order valence-electron chi connectivity index (χ3n) is 1.52. The summed E-state index contributed by atoms with van der Waals surface area (Å²) in [7, 11) is 0. The summed E-state index contributed by atoms with van der Waals surface area (Å²) in [4.78, 5) is 0.0635. The number of rotatable bonds is 3. The first-order valence-electron chi connectivity index (χ1n) is 3.87. The lowest BCUT2D eigenvalue weighted by Crippen LogP contribution is -2.07. The number of benzene rings is 1. The first-order chi connectivity index (χ1) is 6.94. The topological polar surface area (TPSA) is 38.0 Å². The Kier molecular flexibility index (Phi) is 4.12. The number of nitrogen functional groups attached to an aromatic ring is 1. The van der Waals surface area contributed by atoms with E-state index in [2.05, 4.69) is 5.43 Å². The van der Waals surface area contributed by atoms with Crippen molar-refractivity contribution in [2.75, 3.05) is 5.43 Å². The summed E-state index contributed by atoms with van der Waals surface area (Å²) in [6.07, 6.45) is 0. The fourth-order valence-corrected chi connectivity index (χ4v) is 1.83.